The predicted octanol–water partition coefficient (Wildman–Crippen LogP) is 2.64. The third-order valence-electron chi connectivity index (χ3n) is 3.89. The van der Waals surface area contributed by atoms with Crippen molar-refractivity contribution in [2.45, 2.75) is 38.3 Å². The SMILES string of the molecule is CN(CCC1CCCC1N)Cc1ccccc1. The van der Waals surface area contributed by atoms with Crippen molar-refractivity contribution in [1.29, 1.82) is 0 Å². The van der Waals surface area contributed by atoms with Crippen LogP contribution in [0.1, 0.15) is 31.2 Å². The summed E-state index contributed by atoms with van der Waals surface area (Å²) in [5.74, 6) is 0.758. The summed E-state index contributed by atoms with van der Waals surface area (Å²) in [7, 11) is 2.20. The van der Waals surface area contributed by atoms with Crippen LogP contribution in [0.5, 0.6) is 0 Å². The number of benzene rings is 1. The maximum absolute atomic E-state index is 6.10. The summed E-state index contributed by atoms with van der Waals surface area (Å²) in [5.41, 5.74) is 7.49. The van der Waals surface area contributed by atoms with Gasteiger partial charge in [0.1, 0.15) is 0 Å². The van der Waals surface area contributed by atoms with E-state index < -0.39 is 0 Å². The number of hydrogen-bond acceptors (Lipinski definition) is 2. The minimum Gasteiger partial charge on any atom is -0.327 e. The fourth-order valence-corrected chi connectivity index (χ4v) is 2.78. The highest BCUT2D eigenvalue weighted by Gasteiger charge is 2.23. The lowest BCUT2D eigenvalue weighted by atomic mass is 10.00. The Morgan fingerprint density at radius 1 is 1.24 bits per heavy atom. The second-order valence-electron chi connectivity index (χ2n) is 5.37. The molecule has 94 valence electrons. The summed E-state index contributed by atoms with van der Waals surface area (Å²) < 4.78 is 0. The fourth-order valence-electron chi connectivity index (χ4n) is 2.78. The van der Waals surface area contributed by atoms with E-state index in [0.717, 1.165) is 19.0 Å². The molecule has 0 aliphatic heterocycles. The molecule has 0 radical (unpaired) electrons. The van der Waals surface area contributed by atoms with Crippen molar-refractivity contribution >= 4 is 0 Å². The molecule has 0 bridgehead atoms. The van der Waals surface area contributed by atoms with Crippen LogP contribution in [0.4, 0.5) is 0 Å². The first-order chi connectivity index (χ1) is 8.25. The minimum atomic E-state index is 0.458. The van der Waals surface area contributed by atoms with E-state index in [2.05, 4.69) is 42.3 Å². The first-order valence-electron chi connectivity index (χ1n) is 6.74. The highest BCUT2D eigenvalue weighted by atomic mass is 15.1. The van der Waals surface area contributed by atoms with E-state index in [1.165, 1.54) is 31.2 Å². The third kappa shape index (κ3) is 3.83. The molecule has 2 rings (SSSR count). The molecule has 1 saturated carbocycles. The molecule has 0 aromatic heterocycles. The van der Waals surface area contributed by atoms with E-state index in [4.69, 9.17) is 5.73 Å². The standard InChI is InChI=1S/C15H24N2/c1-17(12-13-6-3-2-4-7-13)11-10-14-8-5-9-15(14)16/h2-4,6-7,14-15H,5,8-12,16H2,1H3. The van der Waals surface area contributed by atoms with Gasteiger partial charge in [0.15, 0.2) is 0 Å². The topological polar surface area (TPSA) is 29.3 Å². The molecule has 17 heavy (non-hydrogen) atoms. The van der Waals surface area contributed by atoms with Gasteiger partial charge in [-0.05, 0) is 44.3 Å². The van der Waals surface area contributed by atoms with Crippen LogP contribution in [0, 0.1) is 5.92 Å². The molecule has 2 atom stereocenters. The maximum Gasteiger partial charge on any atom is 0.0230 e. The van der Waals surface area contributed by atoms with Crippen LogP contribution in [0.15, 0.2) is 30.3 Å². The highest BCUT2D eigenvalue weighted by molar-refractivity contribution is 5.14. The summed E-state index contributed by atoms with van der Waals surface area (Å²) in [6.07, 6.45) is 5.14. The Kier molecular flexibility index (Phi) is 4.57. The lowest BCUT2D eigenvalue weighted by Gasteiger charge is -2.21. The molecule has 2 N–H and O–H groups in total. The van der Waals surface area contributed by atoms with Crippen LogP contribution in [-0.4, -0.2) is 24.5 Å². The summed E-state index contributed by atoms with van der Waals surface area (Å²) >= 11 is 0. The highest BCUT2D eigenvalue weighted by Crippen LogP contribution is 2.26. The third-order valence-corrected chi connectivity index (χ3v) is 3.89. The Morgan fingerprint density at radius 2 is 2.00 bits per heavy atom. The van der Waals surface area contributed by atoms with Gasteiger partial charge in [-0.1, -0.05) is 36.8 Å². The molecule has 1 aliphatic rings. The van der Waals surface area contributed by atoms with Gasteiger partial charge in [0.05, 0.1) is 0 Å². The number of nitrogens with two attached hydrogens (primary N) is 1. The summed E-state index contributed by atoms with van der Waals surface area (Å²) in [6, 6.07) is 11.1. The summed E-state index contributed by atoms with van der Waals surface area (Å²) in [6.45, 7) is 2.20. The Bertz CT molecular complexity index is 323. The van der Waals surface area contributed by atoms with Crippen molar-refractivity contribution < 1.29 is 0 Å². The lowest BCUT2D eigenvalue weighted by Crippen LogP contribution is -2.28. The molecule has 2 nitrogen and oxygen atoms in total. The van der Waals surface area contributed by atoms with Crippen molar-refractivity contribution in [2.24, 2.45) is 11.7 Å². The molecule has 0 saturated heterocycles. The van der Waals surface area contributed by atoms with Crippen molar-refractivity contribution in [2.75, 3.05) is 13.6 Å². The van der Waals surface area contributed by atoms with Crippen LogP contribution in [-0.2, 0) is 6.54 Å². The Morgan fingerprint density at radius 3 is 2.65 bits per heavy atom. The lowest BCUT2D eigenvalue weighted by molar-refractivity contribution is 0.286. The van der Waals surface area contributed by atoms with Crippen LogP contribution in [0.25, 0.3) is 0 Å². The fraction of sp³-hybridized carbons (Fsp3) is 0.600. The molecular formula is C15H24N2. The molecule has 2 unspecified atom stereocenters. The van der Waals surface area contributed by atoms with Crippen molar-refractivity contribution in [3.8, 4) is 0 Å². The van der Waals surface area contributed by atoms with E-state index in [9.17, 15) is 0 Å². The average molecular weight is 232 g/mol. The van der Waals surface area contributed by atoms with E-state index in [0.29, 0.717) is 6.04 Å². The molecule has 1 aliphatic carbocycles. The Labute approximate surface area is 105 Å². The molecule has 0 spiro atoms. The normalized spacial score (nSPS) is 24.4. The van der Waals surface area contributed by atoms with Crippen molar-refractivity contribution in [3.63, 3.8) is 0 Å². The van der Waals surface area contributed by atoms with Gasteiger partial charge in [-0.25, -0.2) is 0 Å². The first-order valence-corrected chi connectivity index (χ1v) is 6.74. The van der Waals surface area contributed by atoms with Gasteiger partial charge in [0.25, 0.3) is 0 Å². The second kappa shape index (κ2) is 6.18. The zero-order valence-electron chi connectivity index (χ0n) is 10.8. The monoisotopic (exact) mass is 232 g/mol. The molecule has 1 aromatic carbocycles. The molecule has 2 heteroatoms. The van der Waals surface area contributed by atoms with Gasteiger partial charge in [-0.15, -0.1) is 0 Å². The van der Waals surface area contributed by atoms with E-state index >= 15 is 0 Å². The number of nitrogens with zero attached hydrogens (tertiary/aromatic N) is 1. The van der Waals surface area contributed by atoms with E-state index in [-0.39, 0.29) is 0 Å². The van der Waals surface area contributed by atoms with Crippen molar-refractivity contribution in [1.82, 2.24) is 4.90 Å². The number of hydrogen-bond donors (Lipinski definition) is 1. The molecular weight excluding hydrogens is 208 g/mol. The van der Waals surface area contributed by atoms with E-state index in [1.807, 2.05) is 0 Å². The van der Waals surface area contributed by atoms with Gasteiger partial charge in [-0.2, -0.15) is 0 Å². The average Bonchev–Trinajstić information content (AvgIpc) is 2.74. The Hall–Kier alpha value is -0.860. The minimum absolute atomic E-state index is 0.458. The molecule has 1 aromatic rings. The van der Waals surface area contributed by atoms with Crippen LogP contribution < -0.4 is 5.73 Å². The van der Waals surface area contributed by atoms with Crippen LogP contribution in [0.3, 0.4) is 0 Å². The smallest absolute Gasteiger partial charge is 0.0230 e. The van der Waals surface area contributed by atoms with Gasteiger partial charge < -0.3 is 10.6 Å². The molecule has 0 heterocycles. The van der Waals surface area contributed by atoms with Crippen LogP contribution >= 0.6 is 0 Å². The Balaban J connectivity index is 1.72. The quantitative estimate of drug-likeness (QED) is 0.845. The van der Waals surface area contributed by atoms with Gasteiger partial charge >= 0.3 is 0 Å². The van der Waals surface area contributed by atoms with Gasteiger partial charge in [-0.3, -0.25) is 0 Å². The van der Waals surface area contributed by atoms with Gasteiger partial charge in [0.2, 0.25) is 0 Å². The van der Waals surface area contributed by atoms with Gasteiger partial charge in [0, 0.05) is 12.6 Å². The van der Waals surface area contributed by atoms with E-state index in [1.54, 1.807) is 0 Å². The molecule has 1 fully saturated rings. The molecule has 0 amide bonds. The zero-order valence-corrected chi connectivity index (χ0v) is 10.8. The largest absolute Gasteiger partial charge is 0.327 e. The zero-order chi connectivity index (χ0) is 12.1. The summed E-state index contributed by atoms with van der Waals surface area (Å²) in [5, 5.41) is 0. The first kappa shape index (κ1) is 12.6. The van der Waals surface area contributed by atoms with Crippen LogP contribution in [0.2, 0.25) is 0 Å². The maximum atomic E-state index is 6.10. The van der Waals surface area contributed by atoms with Crippen molar-refractivity contribution in [3.05, 3.63) is 35.9 Å². The summed E-state index contributed by atoms with van der Waals surface area (Å²) in [4.78, 5) is 2.40. The second-order valence-corrected chi connectivity index (χ2v) is 5.37. The predicted molar refractivity (Wildman–Crippen MR) is 72.7 cm³/mol. The number of rotatable bonds is 5.